The predicted molar refractivity (Wildman–Crippen MR) is 66.3 cm³/mol. The lowest BCUT2D eigenvalue weighted by Gasteiger charge is -2.10. The minimum atomic E-state index is -0.372. The second-order valence-electron chi connectivity index (χ2n) is 3.23. The molecule has 0 bridgehead atoms. The van der Waals surface area contributed by atoms with Crippen LogP contribution < -0.4 is 5.30 Å². The van der Waals surface area contributed by atoms with Gasteiger partial charge in [-0.25, -0.2) is 0 Å². The van der Waals surface area contributed by atoms with Gasteiger partial charge in [0, 0.05) is 0 Å². The van der Waals surface area contributed by atoms with Crippen molar-refractivity contribution >= 4 is 13.9 Å². The van der Waals surface area contributed by atoms with Crippen molar-refractivity contribution in [1.29, 1.82) is 0 Å². The van der Waals surface area contributed by atoms with Crippen molar-refractivity contribution in [2.45, 2.75) is 6.10 Å². The van der Waals surface area contributed by atoms with Gasteiger partial charge in [0.2, 0.25) is 0 Å². The molecule has 0 heterocycles. The van der Waals surface area contributed by atoms with Crippen LogP contribution in [0, 0.1) is 0 Å². The highest BCUT2D eigenvalue weighted by atomic mass is 31.1. The van der Waals surface area contributed by atoms with Gasteiger partial charge in [0.05, 0.1) is 19.3 Å². The average Bonchev–Trinajstić information content (AvgIpc) is 2.28. The highest BCUT2D eigenvalue weighted by molar-refractivity contribution is 7.47. The molecule has 2 atom stereocenters. The molecule has 0 radical (unpaired) electrons. The van der Waals surface area contributed by atoms with Crippen molar-refractivity contribution in [3.8, 4) is 0 Å². The summed E-state index contributed by atoms with van der Waals surface area (Å²) in [4.78, 5) is 0. The Hall–Kier alpha value is -0.690. The van der Waals surface area contributed by atoms with Gasteiger partial charge in [-0.2, -0.15) is 0 Å². The van der Waals surface area contributed by atoms with E-state index in [9.17, 15) is 5.11 Å². The summed E-state index contributed by atoms with van der Waals surface area (Å²) < 4.78 is 5.17. The Balaban J connectivity index is 2.16. The number of hydrogen-bond donors (Lipinski definition) is 1. The van der Waals surface area contributed by atoms with Gasteiger partial charge in [-0.3, -0.25) is 0 Å². The van der Waals surface area contributed by atoms with Gasteiger partial charge in [0.15, 0.2) is 0 Å². The van der Waals surface area contributed by atoms with Crippen LogP contribution in [0.5, 0.6) is 0 Å². The van der Waals surface area contributed by atoms with E-state index in [0.717, 1.165) is 6.16 Å². The van der Waals surface area contributed by atoms with E-state index in [1.54, 1.807) is 6.08 Å². The first kappa shape index (κ1) is 12.4. The summed E-state index contributed by atoms with van der Waals surface area (Å²) in [5.41, 5.74) is 0. The Morgan fingerprint density at radius 2 is 2.13 bits per heavy atom. The summed E-state index contributed by atoms with van der Waals surface area (Å²) in [5.74, 6) is 0. The minimum Gasteiger partial charge on any atom is -0.390 e. The molecule has 0 aliphatic heterocycles. The lowest BCUT2D eigenvalue weighted by Crippen LogP contribution is -2.18. The lowest BCUT2D eigenvalue weighted by molar-refractivity contribution is 0.0623. The van der Waals surface area contributed by atoms with Crippen LogP contribution in [-0.2, 0) is 4.74 Å². The zero-order valence-corrected chi connectivity index (χ0v) is 9.73. The van der Waals surface area contributed by atoms with Gasteiger partial charge in [0.25, 0.3) is 0 Å². The number of ether oxygens (including phenoxy) is 1. The summed E-state index contributed by atoms with van der Waals surface area (Å²) >= 11 is 0. The molecule has 0 spiro atoms. The summed E-state index contributed by atoms with van der Waals surface area (Å²) in [6.07, 6.45) is 2.08. The quantitative estimate of drug-likeness (QED) is 0.432. The van der Waals surface area contributed by atoms with Crippen molar-refractivity contribution in [3.63, 3.8) is 0 Å². The predicted octanol–water partition coefficient (Wildman–Crippen LogP) is 1.55. The molecular formula is C12H17O2P. The molecule has 82 valence electrons. The van der Waals surface area contributed by atoms with Crippen LogP contribution >= 0.6 is 8.58 Å². The standard InChI is InChI=1S/C12H17O2P/c1-2-8-14-9-11(13)10-15-12-6-4-3-5-7-12/h2-7,11,13,15H,1,8-10H2. The molecule has 15 heavy (non-hydrogen) atoms. The first-order valence-electron chi connectivity index (χ1n) is 4.98. The van der Waals surface area contributed by atoms with Gasteiger partial charge in [-0.05, 0) is 11.5 Å². The van der Waals surface area contributed by atoms with E-state index in [4.69, 9.17) is 4.74 Å². The number of benzene rings is 1. The Kier molecular flexibility index (Phi) is 6.26. The maximum absolute atomic E-state index is 9.58. The van der Waals surface area contributed by atoms with Crippen LogP contribution in [-0.4, -0.2) is 30.6 Å². The maximum atomic E-state index is 9.58. The smallest absolute Gasteiger partial charge is 0.0813 e. The zero-order chi connectivity index (χ0) is 10.9. The van der Waals surface area contributed by atoms with E-state index in [0.29, 0.717) is 21.8 Å². The van der Waals surface area contributed by atoms with Crippen LogP contribution in [0.25, 0.3) is 0 Å². The van der Waals surface area contributed by atoms with E-state index in [-0.39, 0.29) is 6.10 Å². The van der Waals surface area contributed by atoms with E-state index in [2.05, 4.69) is 18.7 Å². The normalized spacial score (nSPS) is 13.1. The van der Waals surface area contributed by atoms with Crippen LogP contribution in [0.3, 0.4) is 0 Å². The van der Waals surface area contributed by atoms with Gasteiger partial charge in [-0.1, -0.05) is 45.0 Å². The molecule has 1 aromatic rings. The molecule has 1 aromatic carbocycles. The van der Waals surface area contributed by atoms with Gasteiger partial charge in [0.1, 0.15) is 0 Å². The summed E-state index contributed by atoms with van der Waals surface area (Å²) in [7, 11) is 0.641. The van der Waals surface area contributed by atoms with Crippen molar-refractivity contribution in [2.75, 3.05) is 19.4 Å². The van der Waals surface area contributed by atoms with Crippen LogP contribution in [0.2, 0.25) is 0 Å². The summed E-state index contributed by atoms with van der Waals surface area (Å²) in [6.45, 7) is 4.45. The lowest BCUT2D eigenvalue weighted by atomic mass is 10.4. The van der Waals surface area contributed by atoms with Crippen molar-refractivity contribution < 1.29 is 9.84 Å². The Labute approximate surface area is 92.8 Å². The average molecular weight is 224 g/mol. The first-order chi connectivity index (χ1) is 7.33. The fourth-order valence-corrected chi connectivity index (χ4v) is 2.16. The third-order valence-electron chi connectivity index (χ3n) is 1.86. The monoisotopic (exact) mass is 224 g/mol. The SMILES string of the molecule is C=CCOCC(O)CPc1ccccc1. The molecule has 0 saturated heterocycles. The molecule has 0 saturated carbocycles. The Morgan fingerprint density at radius 3 is 2.80 bits per heavy atom. The van der Waals surface area contributed by atoms with Crippen molar-refractivity contribution in [2.24, 2.45) is 0 Å². The Morgan fingerprint density at radius 1 is 1.40 bits per heavy atom. The molecule has 1 rings (SSSR count). The van der Waals surface area contributed by atoms with Crippen LogP contribution in [0.1, 0.15) is 0 Å². The van der Waals surface area contributed by atoms with E-state index < -0.39 is 0 Å². The summed E-state index contributed by atoms with van der Waals surface area (Å²) in [6, 6.07) is 10.2. The van der Waals surface area contributed by atoms with Gasteiger partial charge < -0.3 is 9.84 Å². The minimum absolute atomic E-state index is 0.372. The molecule has 0 fully saturated rings. The van der Waals surface area contributed by atoms with Crippen LogP contribution in [0.4, 0.5) is 0 Å². The van der Waals surface area contributed by atoms with Gasteiger partial charge in [-0.15, -0.1) is 6.58 Å². The number of rotatable bonds is 7. The molecule has 3 heteroatoms. The molecule has 0 aliphatic carbocycles. The zero-order valence-electron chi connectivity index (χ0n) is 8.73. The second kappa shape index (κ2) is 7.58. The fraction of sp³-hybridized carbons (Fsp3) is 0.333. The van der Waals surface area contributed by atoms with Crippen molar-refractivity contribution in [1.82, 2.24) is 0 Å². The molecule has 0 aliphatic rings. The summed E-state index contributed by atoms with van der Waals surface area (Å²) in [5, 5.41) is 10.9. The van der Waals surface area contributed by atoms with E-state index in [1.807, 2.05) is 18.2 Å². The molecule has 0 aromatic heterocycles. The van der Waals surface area contributed by atoms with Gasteiger partial charge >= 0.3 is 0 Å². The molecule has 1 N–H and O–H groups in total. The number of hydrogen-bond acceptors (Lipinski definition) is 2. The maximum Gasteiger partial charge on any atom is 0.0813 e. The molecule has 2 nitrogen and oxygen atoms in total. The van der Waals surface area contributed by atoms with Crippen molar-refractivity contribution in [3.05, 3.63) is 43.0 Å². The first-order valence-corrected chi connectivity index (χ1v) is 6.19. The molecule has 0 amide bonds. The van der Waals surface area contributed by atoms with E-state index in [1.165, 1.54) is 5.30 Å². The van der Waals surface area contributed by atoms with E-state index >= 15 is 0 Å². The Bertz CT molecular complexity index is 274. The third kappa shape index (κ3) is 5.68. The fourth-order valence-electron chi connectivity index (χ4n) is 1.14. The number of aliphatic hydroxyl groups excluding tert-OH is 1. The largest absolute Gasteiger partial charge is 0.390 e. The molecular weight excluding hydrogens is 207 g/mol. The van der Waals surface area contributed by atoms with Crippen LogP contribution in [0.15, 0.2) is 43.0 Å². The topological polar surface area (TPSA) is 29.5 Å². The number of aliphatic hydroxyl groups is 1. The second-order valence-corrected chi connectivity index (χ2v) is 4.57. The molecule has 2 unspecified atom stereocenters. The third-order valence-corrected chi connectivity index (χ3v) is 3.28. The highest BCUT2D eigenvalue weighted by Crippen LogP contribution is 2.11. The highest BCUT2D eigenvalue weighted by Gasteiger charge is 2.03.